The molecule has 1 heterocycles. The molecular weight excluding hydrogens is 272 g/mol. The highest BCUT2D eigenvalue weighted by molar-refractivity contribution is 7.14. The van der Waals surface area contributed by atoms with Crippen LogP contribution in [0.2, 0.25) is 0 Å². The SMILES string of the molecule is CCC1CCCC(OCc2cc(C(=O)NN)sc2C)C1. The molecule has 0 radical (unpaired) electrons. The molecule has 0 spiro atoms. The fourth-order valence-electron chi connectivity index (χ4n) is 2.82. The van der Waals surface area contributed by atoms with E-state index in [2.05, 4.69) is 12.3 Å². The maximum Gasteiger partial charge on any atom is 0.275 e. The molecule has 20 heavy (non-hydrogen) atoms. The molecular formula is C15H24N2O2S. The standard InChI is InChI=1S/C15H24N2O2S/c1-3-11-5-4-6-13(7-11)19-9-12-8-14(15(18)17-16)20-10(12)2/h8,11,13H,3-7,9,16H2,1-2H3,(H,17,18). The van der Waals surface area contributed by atoms with Crippen LogP contribution >= 0.6 is 11.3 Å². The molecule has 112 valence electrons. The first-order chi connectivity index (χ1) is 9.63. The molecule has 4 nitrogen and oxygen atoms in total. The van der Waals surface area contributed by atoms with Gasteiger partial charge >= 0.3 is 0 Å². The first-order valence-electron chi connectivity index (χ1n) is 7.35. The Labute approximate surface area is 124 Å². The largest absolute Gasteiger partial charge is 0.373 e. The summed E-state index contributed by atoms with van der Waals surface area (Å²) in [6.07, 6.45) is 6.57. The molecule has 1 amide bonds. The Morgan fingerprint density at radius 1 is 1.55 bits per heavy atom. The zero-order valence-corrected chi connectivity index (χ0v) is 13.1. The Bertz CT molecular complexity index is 459. The summed E-state index contributed by atoms with van der Waals surface area (Å²) in [7, 11) is 0. The second-order valence-corrected chi connectivity index (χ2v) is 6.80. The maximum atomic E-state index is 11.5. The zero-order chi connectivity index (χ0) is 14.5. The summed E-state index contributed by atoms with van der Waals surface area (Å²) in [5.74, 6) is 5.75. The molecule has 5 heteroatoms. The predicted octanol–water partition coefficient (Wildman–Crippen LogP) is 3.15. The van der Waals surface area contributed by atoms with Crippen LogP contribution in [0.4, 0.5) is 0 Å². The number of carbonyl (C=O) groups excluding carboxylic acids is 1. The Hall–Kier alpha value is -0.910. The molecule has 0 aromatic carbocycles. The second kappa shape index (κ2) is 7.20. The van der Waals surface area contributed by atoms with Crippen molar-refractivity contribution in [1.82, 2.24) is 5.43 Å². The number of ether oxygens (including phenoxy) is 1. The third-order valence-electron chi connectivity index (χ3n) is 4.16. The minimum Gasteiger partial charge on any atom is -0.373 e. The number of amides is 1. The highest BCUT2D eigenvalue weighted by atomic mass is 32.1. The summed E-state index contributed by atoms with van der Waals surface area (Å²) >= 11 is 1.47. The average Bonchev–Trinajstić information content (AvgIpc) is 2.85. The summed E-state index contributed by atoms with van der Waals surface area (Å²) in [5.41, 5.74) is 3.28. The quantitative estimate of drug-likeness (QED) is 0.498. The van der Waals surface area contributed by atoms with E-state index in [9.17, 15) is 4.79 Å². The lowest BCUT2D eigenvalue weighted by Gasteiger charge is -2.28. The van der Waals surface area contributed by atoms with E-state index in [0.29, 0.717) is 17.6 Å². The van der Waals surface area contributed by atoms with Gasteiger partial charge in [0.25, 0.3) is 5.91 Å². The lowest BCUT2D eigenvalue weighted by Crippen LogP contribution is -2.29. The van der Waals surface area contributed by atoms with E-state index in [0.717, 1.165) is 22.8 Å². The van der Waals surface area contributed by atoms with Crippen LogP contribution in [0.25, 0.3) is 0 Å². The van der Waals surface area contributed by atoms with Crippen molar-refractivity contribution >= 4 is 17.2 Å². The van der Waals surface area contributed by atoms with E-state index in [4.69, 9.17) is 10.6 Å². The number of rotatable bonds is 5. The van der Waals surface area contributed by atoms with Gasteiger partial charge in [-0.1, -0.05) is 26.2 Å². The van der Waals surface area contributed by atoms with Crippen molar-refractivity contribution in [3.63, 3.8) is 0 Å². The number of hydrogen-bond donors (Lipinski definition) is 2. The highest BCUT2D eigenvalue weighted by Gasteiger charge is 2.21. The third-order valence-corrected chi connectivity index (χ3v) is 5.25. The molecule has 1 aromatic rings. The molecule has 1 fully saturated rings. The van der Waals surface area contributed by atoms with Crippen LogP contribution in [0.3, 0.4) is 0 Å². The van der Waals surface area contributed by atoms with E-state index in [1.54, 1.807) is 0 Å². The molecule has 1 aromatic heterocycles. The van der Waals surface area contributed by atoms with Gasteiger partial charge in [0.2, 0.25) is 0 Å². The molecule has 2 unspecified atom stereocenters. The van der Waals surface area contributed by atoms with Crippen molar-refractivity contribution in [3.8, 4) is 0 Å². The van der Waals surface area contributed by atoms with Crippen molar-refractivity contribution in [2.24, 2.45) is 11.8 Å². The van der Waals surface area contributed by atoms with Gasteiger partial charge in [-0.05, 0) is 37.3 Å². The molecule has 0 aliphatic heterocycles. The minimum atomic E-state index is -0.229. The smallest absolute Gasteiger partial charge is 0.275 e. The monoisotopic (exact) mass is 296 g/mol. The highest BCUT2D eigenvalue weighted by Crippen LogP contribution is 2.30. The van der Waals surface area contributed by atoms with Crippen LogP contribution in [0.1, 0.15) is 59.1 Å². The van der Waals surface area contributed by atoms with Gasteiger partial charge in [0.15, 0.2) is 0 Å². The number of nitrogens with two attached hydrogens (primary N) is 1. The zero-order valence-electron chi connectivity index (χ0n) is 12.3. The lowest BCUT2D eigenvalue weighted by atomic mass is 9.85. The third kappa shape index (κ3) is 3.81. The normalized spacial score (nSPS) is 22.8. The van der Waals surface area contributed by atoms with Gasteiger partial charge < -0.3 is 4.74 Å². The van der Waals surface area contributed by atoms with Crippen LogP contribution in [-0.4, -0.2) is 12.0 Å². The molecule has 2 atom stereocenters. The lowest BCUT2D eigenvalue weighted by molar-refractivity contribution is 0.00173. The van der Waals surface area contributed by atoms with E-state index >= 15 is 0 Å². The second-order valence-electron chi connectivity index (χ2n) is 5.54. The Kier molecular flexibility index (Phi) is 5.57. The van der Waals surface area contributed by atoms with E-state index < -0.39 is 0 Å². The molecule has 0 saturated heterocycles. The molecule has 1 aliphatic carbocycles. The average molecular weight is 296 g/mol. The molecule has 0 bridgehead atoms. The molecule has 1 saturated carbocycles. The maximum absolute atomic E-state index is 11.5. The van der Waals surface area contributed by atoms with Crippen molar-refractivity contribution in [2.45, 2.75) is 58.7 Å². The van der Waals surface area contributed by atoms with Gasteiger partial charge in [-0.25, -0.2) is 5.84 Å². The van der Waals surface area contributed by atoms with Gasteiger partial charge in [0.05, 0.1) is 17.6 Å². The van der Waals surface area contributed by atoms with Crippen molar-refractivity contribution in [1.29, 1.82) is 0 Å². The first-order valence-corrected chi connectivity index (χ1v) is 8.17. The van der Waals surface area contributed by atoms with Crippen molar-refractivity contribution < 1.29 is 9.53 Å². The fraction of sp³-hybridized carbons (Fsp3) is 0.667. The van der Waals surface area contributed by atoms with Crippen molar-refractivity contribution in [2.75, 3.05) is 0 Å². The number of nitrogen functional groups attached to an aromatic ring is 1. The Balaban J connectivity index is 1.90. The van der Waals surface area contributed by atoms with Gasteiger partial charge in [0, 0.05) is 4.88 Å². The Morgan fingerprint density at radius 3 is 3.05 bits per heavy atom. The Morgan fingerprint density at radius 2 is 2.35 bits per heavy atom. The van der Waals surface area contributed by atoms with Crippen LogP contribution in [-0.2, 0) is 11.3 Å². The van der Waals surface area contributed by atoms with Crippen LogP contribution in [0.5, 0.6) is 0 Å². The molecule has 2 rings (SSSR count). The number of aryl methyl sites for hydroxylation is 1. The first kappa shape index (κ1) is 15.5. The van der Waals surface area contributed by atoms with Crippen LogP contribution in [0.15, 0.2) is 6.07 Å². The number of thiophene rings is 1. The number of hydrogen-bond acceptors (Lipinski definition) is 4. The molecule has 1 aliphatic rings. The van der Waals surface area contributed by atoms with E-state index in [1.807, 2.05) is 13.0 Å². The number of hydrazine groups is 1. The van der Waals surface area contributed by atoms with Gasteiger partial charge in [-0.15, -0.1) is 11.3 Å². The summed E-state index contributed by atoms with van der Waals surface area (Å²) in [6, 6.07) is 1.89. The summed E-state index contributed by atoms with van der Waals surface area (Å²) in [5, 5.41) is 0. The fourth-order valence-corrected chi connectivity index (χ4v) is 3.75. The van der Waals surface area contributed by atoms with E-state index in [1.165, 1.54) is 37.0 Å². The van der Waals surface area contributed by atoms with Gasteiger partial charge in [-0.2, -0.15) is 0 Å². The summed E-state index contributed by atoms with van der Waals surface area (Å²) < 4.78 is 6.05. The number of nitrogens with one attached hydrogen (secondary N) is 1. The van der Waals surface area contributed by atoms with E-state index in [-0.39, 0.29) is 5.91 Å². The van der Waals surface area contributed by atoms with Gasteiger partial charge in [0.1, 0.15) is 0 Å². The minimum absolute atomic E-state index is 0.229. The summed E-state index contributed by atoms with van der Waals surface area (Å²) in [4.78, 5) is 13.3. The predicted molar refractivity (Wildman–Crippen MR) is 81.5 cm³/mol. The number of carbonyl (C=O) groups is 1. The van der Waals surface area contributed by atoms with Crippen LogP contribution in [0, 0.1) is 12.8 Å². The van der Waals surface area contributed by atoms with Crippen LogP contribution < -0.4 is 11.3 Å². The topological polar surface area (TPSA) is 64.3 Å². The van der Waals surface area contributed by atoms with Gasteiger partial charge in [-0.3, -0.25) is 10.2 Å². The molecule has 3 N–H and O–H groups in total. The summed E-state index contributed by atoms with van der Waals surface area (Å²) in [6.45, 7) is 4.88. The van der Waals surface area contributed by atoms with Crippen molar-refractivity contribution in [3.05, 3.63) is 21.4 Å².